The van der Waals surface area contributed by atoms with Crippen molar-refractivity contribution in [1.82, 2.24) is 0 Å². The van der Waals surface area contributed by atoms with Crippen molar-refractivity contribution in [3.8, 4) is 0 Å². The summed E-state index contributed by atoms with van der Waals surface area (Å²) in [6, 6.07) is 2.40. The summed E-state index contributed by atoms with van der Waals surface area (Å²) < 4.78 is 13.2. The van der Waals surface area contributed by atoms with Crippen LogP contribution in [0.3, 0.4) is 0 Å². The van der Waals surface area contributed by atoms with Crippen LogP contribution in [0.1, 0.15) is 18.4 Å². The Hall–Kier alpha value is -1.62. The molecule has 0 saturated heterocycles. The molecule has 0 aliphatic carbocycles. The number of carboxylic acids is 1. The van der Waals surface area contributed by atoms with E-state index in [1.807, 2.05) is 0 Å². The zero-order chi connectivity index (χ0) is 12.7. The number of carbonyl (C=O) groups is 2. The lowest BCUT2D eigenvalue weighted by molar-refractivity contribution is -0.143. The van der Waals surface area contributed by atoms with Crippen LogP contribution < -0.4 is 5.32 Å². The zero-order valence-electron chi connectivity index (χ0n) is 8.83. The molecule has 1 heterocycles. The lowest BCUT2D eigenvalue weighted by atomic mass is 9.88. The number of hydrogen-bond donors (Lipinski definition) is 2. The molecule has 4 nitrogen and oxygen atoms in total. The van der Waals surface area contributed by atoms with E-state index in [4.69, 9.17) is 16.7 Å². The Kier molecular flexibility index (Phi) is 2.79. The van der Waals surface area contributed by atoms with E-state index in [1.165, 1.54) is 13.0 Å². The highest BCUT2D eigenvalue weighted by molar-refractivity contribution is 6.31. The number of carboxylic acid groups (broad SMARTS) is 1. The molecular formula is C11H9ClFNO3. The molecule has 2 unspecified atom stereocenters. The van der Waals surface area contributed by atoms with E-state index < -0.39 is 29.5 Å². The minimum Gasteiger partial charge on any atom is -0.481 e. The number of nitrogens with one attached hydrogen (secondary N) is 1. The minimum atomic E-state index is -1.08. The van der Waals surface area contributed by atoms with Crippen LogP contribution in [0.2, 0.25) is 5.02 Å². The fraction of sp³-hybridized carbons (Fsp3) is 0.273. The molecule has 2 atom stereocenters. The van der Waals surface area contributed by atoms with E-state index in [9.17, 15) is 14.0 Å². The molecule has 1 aliphatic rings. The van der Waals surface area contributed by atoms with Crippen LogP contribution in [-0.2, 0) is 9.59 Å². The summed E-state index contributed by atoms with van der Waals surface area (Å²) in [6.45, 7) is 1.43. The highest BCUT2D eigenvalue weighted by atomic mass is 35.5. The van der Waals surface area contributed by atoms with Crippen LogP contribution in [0.5, 0.6) is 0 Å². The maximum atomic E-state index is 13.2. The summed E-state index contributed by atoms with van der Waals surface area (Å²) in [4.78, 5) is 22.6. The van der Waals surface area contributed by atoms with Gasteiger partial charge < -0.3 is 10.4 Å². The second kappa shape index (κ2) is 4.00. The lowest BCUT2D eigenvalue weighted by Gasteiger charge is -2.13. The Morgan fingerprint density at radius 2 is 2.24 bits per heavy atom. The van der Waals surface area contributed by atoms with Crippen LogP contribution in [0.25, 0.3) is 0 Å². The van der Waals surface area contributed by atoms with Gasteiger partial charge in [0.25, 0.3) is 0 Å². The van der Waals surface area contributed by atoms with Crippen molar-refractivity contribution in [3.05, 3.63) is 28.5 Å². The standard InChI is InChI=1S/C11H9ClFNO3/c1-4(11(16)17)9-5-2-6(12)7(13)3-8(5)14-10(9)15/h2-4,9H,1H3,(H,14,15)(H,16,17). The highest BCUT2D eigenvalue weighted by Gasteiger charge is 2.38. The van der Waals surface area contributed by atoms with Gasteiger partial charge in [-0.1, -0.05) is 18.5 Å². The molecule has 90 valence electrons. The third-order valence-corrected chi connectivity index (χ3v) is 3.15. The monoisotopic (exact) mass is 257 g/mol. The quantitative estimate of drug-likeness (QED) is 0.854. The van der Waals surface area contributed by atoms with Crippen LogP contribution in [-0.4, -0.2) is 17.0 Å². The van der Waals surface area contributed by atoms with Crippen molar-refractivity contribution in [2.24, 2.45) is 5.92 Å². The van der Waals surface area contributed by atoms with Crippen molar-refractivity contribution >= 4 is 29.2 Å². The fourth-order valence-corrected chi connectivity index (χ4v) is 2.09. The third kappa shape index (κ3) is 1.86. The maximum Gasteiger partial charge on any atom is 0.307 e. The molecule has 0 bridgehead atoms. The summed E-state index contributed by atoms with van der Waals surface area (Å²) >= 11 is 5.63. The van der Waals surface area contributed by atoms with Gasteiger partial charge >= 0.3 is 5.97 Å². The van der Waals surface area contributed by atoms with Crippen LogP contribution in [0, 0.1) is 11.7 Å². The van der Waals surface area contributed by atoms with Crippen molar-refractivity contribution in [2.75, 3.05) is 5.32 Å². The molecular weight excluding hydrogens is 249 g/mol. The molecule has 1 aromatic carbocycles. The predicted octanol–water partition coefficient (Wildman–Crippen LogP) is 2.24. The number of anilines is 1. The van der Waals surface area contributed by atoms with E-state index in [0.29, 0.717) is 5.56 Å². The van der Waals surface area contributed by atoms with Gasteiger partial charge in [-0.2, -0.15) is 0 Å². The second-order valence-electron chi connectivity index (χ2n) is 3.95. The lowest BCUT2D eigenvalue weighted by Crippen LogP contribution is -2.24. The number of benzene rings is 1. The maximum absolute atomic E-state index is 13.2. The number of halogens is 2. The summed E-state index contributed by atoms with van der Waals surface area (Å²) in [5.41, 5.74) is 0.714. The Morgan fingerprint density at radius 3 is 2.82 bits per heavy atom. The molecule has 0 fully saturated rings. The third-order valence-electron chi connectivity index (χ3n) is 2.86. The van der Waals surface area contributed by atoms with Crippen LogP contribution in [0.4, 0.5) is 10.1 Å². The average Bonchev–Trinajstić information content (AvgIpc) is 2.53. The molecule has 0 radical (unpaired) electrons. The van der Waals surface area contributed by atoms with Gasteiger partial charge in [0, 0.05) is 5.69 Å². The van der Waals surface area contributed by atoms with Gasteiger partial charge in [-0.15, -0.1) is 0 Å². The molecule has 17 heavy (non-hydrogen) atoms. The Labute approximate surface area is 101 Å². The van der Waals surface area contributed by atoms with E-state index >= 15 is 0 Å². The number of carbonyl (C=O) groups excluding carboxylic acids is 1. The molecule has 1 aromatic rings. The number of aliphatic carboxylic acids is 1. The van der Waals surface area contributed by atoms with Gasteiger partial charge in [-0.25, -0.2) is 4.39 Å². The molecule has 0 spiro atoms. The normalized spacial score (nSPS) is 19.7. The van der Waals surface area contributed by atoms with Gasteiger partial charge in [0.2, 0.25) is 5.91 Å². The average molecular weight is 258 g/mol. The van der Waals surface area contributed by atoms with Crippen LogP contribution >= 0.6 is 11.6 Å². The second-order valence-corrected chi connectivity index (χ2v) is 4.35. The van der Waals surface area contributed by atoms with Gasteiger partial charge in [-0.3, -0.25) is 9.59 Å². The number of hydrogen-bond acceptors (Lipinski definition) is 2. The molecule has 1 amide bonds. The summed E-state index contributed by atoms with van der Waals surface area (Å²) in [7, 11) is 0. The van der Waals surface area contributed by atoms with Crippen molar-refractivity contribution in [2.45, 2.75) is 12.8 Å². The fourth-order valence-electron chi connectivity index (χ4n) is 1.92. The summed E-state index contributed by atoms with van der Waals surface area (Å²) in [5, 5.41) is 11.3. The Morgan fingerprint density at radius 1 is 1.59 bits per heavy atom. The summed E-state index contributed by atoms with van der Waals surface area (Å²) in [5.74, 6) is -3.90. The Balaban J connectivity index is 2.50. The van der Waals surface area contributed by atoms with Crippen molar-refractivity contribution in [3.63, 3.8) is 0 Å². The van der Waals surface area contributed by atoms with E-state index in [2.05, 4.69) is 5.32 Å². The first-order valence-electron chi connectivity index (χ1n) is 4.94. The van der Waals surface area contributed by atoms with E-state index in [-0.39, 0.29) is 10.7 Å². The van der Waals surface area contributed by atoms with E-state index in [1.54, 1.807) is 0 Å². The first kappa shape index (κ1) is 11.9. The largest absolute Gasteiger partial charge is 0.481 e. The Bertz CT molecular complexity index is 518. The molecule has 0 aromatic heterocycles. The minimum absolute atomic E-state index is 0.122. The first-order valence-corrected chi connectivity index (χ1v) is 5.32. The van der Waals surface area contributed by atoms with Gasteiger partial charge in [0.1, 0.15) is 5.82 Å². The van der Waals surface area contributed by atoms with Crippen molar-refractivity contribution in [1.29, 1.82) is 0 Å². The SMILES string of the molecule is CC(C(=O)O)C1C(=O)Nc2cc(F)c(Cl)cc21. The molecule has 1 aliphatic heterocycles. The highest BCUT2D eigenvalue weighted by Crippen LogP contribution is 2.39. The predicted molar refractivity (Wildman–Crippen MR) is 59.6 cm³/mol. The molecule has 6 heteroatoms. The smallest absolute Gasteiger partial charge is 0.307 e. The van der Waals surface area contributed by atoms with Gasteiger partial charge in [0.05, 0.1) is 16.9 Å². The number of amides is 1. The molecule has 2 N–H and O–H groups in total. The van der Waals surface area contributed by atoms with Gasteiger partial charge in [0.15, 0.2) is 0 Å². The van der Waals surface area contributed by atoms with Gasteiger partial charge in [-0.05, 0) is 17.7 Å². The van der Waals surface area contributed by atoms with Crippen molar-refractivity contribution < 1.29 is 19.1 Å². The molecule has 0 saturated carbocycles. The van der Waals surface area contributed by atoms with Crippen LogP contribution in [0.15, 0.2) is 12.1 Å². The van der Waals surface area contributed by atoms with E-state index in [0.717, 1.165) is 6.07 Å². The molecule has 2 rings (SSSR count). The topological polar surface area (TPSA) is 66.4 Å². The first-order chi connectivity index (χ1) is 7.91. The summed E-state index contributed by atoms with van der Waals surface area (Å²) in [6.07, 6.45) is 0. The number of fused-ring (bicyclic) bond motifs is 1. The number of rotatable bonds is 2. The zero-order valence-corrected chi connectivity index (χ0v) is 9.58.